The molecule has 0 heterocycles. The third kappa shape index (κ3) is 4.98. The number of hydrogen-bond acceptors (Lipinski definition) is 4. The molecule has 0 aromatic heterocycles. The molecular weight excluding hydrogens is 323 g/mol. The lowest BCUT2D eigenvalue weighted by atomic mass is 10.2. The lowest BCUT2D eigenvalue weighted by Crippen LogP contribution is -2.32. The number of carbonyl (C=O) groups is 1. The third-order valence-electron chi connectivity index (χ3n) is 3.33. The molecule has 0 radical (unpaired) electrons. The van der Waals surface area contributed by atoms with Gasteiger partial charge in [0.15, 0.2) is 0 Å². The average Bonchev–Trinajstić information content (AvgIpc) is 2.52. The molecule has 0 saturated heterocycles. The first kappa shape index (κ1) is 19.5. The van der Waals surface area contributed by atoms with Crippen LogP contribution in [-0.2, 0) is 14.8 Å². The van der Waals surface area contributed by atoms with E-state index >= 15 is 0 Å². The smallest absolute Gasteiger partial charge is 0.251 e. The first-order chi connectivity index (χ1) is 10.9. The van der Waals surface area contributed by atoms with Crippen molar-refractivity contribution in [1.82, 2.24) is 9.62 Å². The van der Waals surface area contributed by atoms with Crippen LogP contribution >= 0.6 is 0 Å². The number of amides is 1. The Hall–Kier alpha value is -1.51. The van der Waals surface area contributed by atoms with E-state index in [-0.39, 0.29) is 18.7 Å². The SMILES string of the molecule is CCN(CC)S(=O)(=O)c1cc(C(=O)NCCCOC)ccc1F. The monoisotopic (exact) mass is 346 g/mol. The van der Waals surface area contributed by atoms with Crippen LogP contribution in [0.2, 0.25) is 0 Å². The minimum Gasteiger partial charge on any atom is -0.385 e. The van der Waals surface area contributed by atoms with Gasteiger partial charge in [-0.25, -0.2) is 12.8 Å². The van der Waals surface area contributed by atoms with Crippen molar-refractivity contribution in [2.24, 2.45) is 0 Å². The van der Waals surface area contributed by atoms with E-state index in [0.29, 0.717) is 19.6 Å². The summed E-state index contributed by atoms with van der Waals surface area (Å²) < 4.78 is 44.8. The van der Waals surface area contributed by atoms with Crippen molar-refractivity contribution in [3.05, 3.63) is 29.6 Å². The summed E-state index contributed by atoms with van der Waals surface area (Å²) in [5, 5.41) is 2.64. The molecule has 0 aliphatic carbocycles. The van der Waals surface area contributed by atoms with E-state index in [2.05, 4.69) is 5.32 Å². The van der Waals surface area contributed by atoms with Crippen LogP contribution in [0, 0.1) is 5.82 Å². The molecule has 23 heavy (non-hydrogen) atoms. The summed E-state index contributed by atoms with van der Waals surface area (Å²) in [4.78, 5) is 11.5. The Bertz CT molecular complexity index is 630. The lowest BCUT2D eigenvalue weighted by molar-refractivity contribution is 0.0948. The number of nitrogens with one attached hydrogen (secondary N) is 1. The van der Waals surface area contributed by atoms with Gasteiger partial charge in [0.25, 0.3) is 5.91 Å². The second-order valence-corrected chi connectivity index (χ2v) is 6.74. The second-order valence-electron chi connectivity index (χ2n) is 4.84. The summed E-state index contributed by atoms with van der Waals surface area (Å²) in [7, 11) is -2.40. The highest BCUT2D eigenvalue weighted by Gasteiger charge is 2.26. The number of ether oxygens (including phenoxy) is 1. The van der Waals surface area contributed by atoms with Crippen molar-refractivity contribution in [2.45, 2.75) is 25.2 Å². The van der Waals surface area contributed by atoms with Crippen molar-refractivity contribution in [3.8, 4) is 0 Å². The molecule has 0 bridgehead atoms. The fraction of sp³-hybridized carbons (Fsp3) is 0.533. The summed E-state index contributed by atoms with van der Waals surface area (Å²) in [5.74, 6) is -1.31. The highest BCUT2D eigenvalue weighted by molar-refractivity contribution is 7.89. The molecule has 0 unspecified atom stereocenters. The van der Waals surface area contributed by atoms with Gasteiger partial charge in [0.1, 0.15) is 10.7 Å². The average molecular weight is 346 g/mol. The number of methoxy groups -OCH3 is 1. The fourth-order valence-electron chi connectivity index (χ4n) is 2.07. The van der Waals surface area contributed by atoms with Gasteiger partial charge in [0.05, 0.1) is 0 Å². The Labute approximate surface area is 136 Å². The number of nitrogens with zero attached hydrogens (tertiary/aromatic N) is 1. The molecule has 1 rings (SSSR count). The minimum absolute atomic E-state index is 0.106. The Morgan fingerprint density at radius 3 is 2.52 bits per heavy atom. The molecule has 0 aliphatic rings. The summed E-state index contributed by atoms with van der Waals surface area (Å²) in [6, 6.07) is 3.34. The Balaban J connectivity index is 3.02. The third-order valence-corrected chi connectivity index (χ3v) is 5.39. The molecule has 1 N–H and O–H groups in total. The minimum atomic E-state index is -3.96. The number of rotatable bonds is 9. The van der Waals surface area contributed by atoms with Crippen molar-refractivity contribution >= 4 is 15.9 Å². The van der Waals surface area contributed by atoms with Crippen LogP contribution in [0.5, 0.6) is 0 Å². The van der Waals surface area contributed by atoms with Crippen LogP contribution in [0.4, 0.5) is 4.39 Å². The highest BCUT2D eigenvalue weighted by Crippen LogP contribution is 2.20. The van der Waals surface area contributed by atoms with Gasteiger partial charge in [-0.3, -0.25) is 4.79 Å². The molecule has 0 spiro atoms. The quantitative estimate of drug-likeness (QED) is 0.690. The van der Waals surface area contributed by atoms with E-state index in [1.54, 1.807) is 21.0 Å². The van der Waals surface area contributed by atoms with Gasteiger partial charge >= 0.3 is 0 Å². The zero-order chi connectivity index (χ0) is 17.5. The normalized spacial score (nSPS) is 11.7. The van der Waals surface area contributed by atoms with E-state index < -0.39 is 26.6 Å². The van der Waals surface area contributed by atoms with Gasteiger partial charge in [-0.1, -0.05) is 13.8 Å². The van der Waals surface area contributed by atoms with Crippen molar-refractivity contribution in [1.29, 1.82) is 0 Å². The van der Waals surface area contributed by atoms with Gasteiger partial charge < -0.3 is 10.1 Å². The molecule has 1 aromatic carbocycles. The Morgan fingerprint density at radius 1 is 1.30 bits per heavy atom. The second kappa shape index (κ2) is 8.95. The number of benzene rings is 1. The van der Waals surface area contributed by atoms with Gasteiger partial charge in [-0.05, 0) is 24.6 Å². The van der Waals surface area contributed by atoms with Crippen molar-refractivity contribution < 1.29 is 22.3 Å². The predicted octanol–water partition coefficient (Wildman–Crippen LogP) is 1.62. The predicted molar refractivity (Wildman–Crippen MR) is 85.3 cm³/mol. The number of hydrogen-bond donors (Lipinski definition) is 1. The van der Waals surface area contributed by atoms with E-state index in [0.717, 1.165) is 16.4 Å². The Morgan fingerprint density at radius 2 is 1.96 bits per heavy atom. The fourth-order valence-corrected chi connectivity index (χ4v) is 3.61. The van der Waals surface area contributed by atoms with E-state index in [1.807, 2.05) is 0 Å². The summed E-state index contributed by atoms with van der Waals surface area (Å²) >= 11 is 0. The van der Waals surface area contributed by atoms with Crippen LogP contribution in [-0.4, -0.2) is 52.0 Å². The van der Waals surface area contributed by atoms with Gasteiger partial charge in [-0.15, -0.1) is 0 Å². The number of carbonyl (C=O) groups excluding carboxylic acids is 1. The zero-order valence-corrected chi connectivity index (χ0v) is 14.5. The molecule has 0 aliphatic heterocycles. The van der Waals surface area contributed by atoms with Gasteiger partial charge in [-0.2, -0.15) is 4.31 Å². The molecule has 0 fully saturated rings. The molecule has 8 heteroatoms. The lowest BCUT2D eigenvalue weighted by Gasteiger charge is -2.19. The van der Waals surface area contributed by atoms with Gasteiger partial charge in [0.2, 0.25) is 10.0 Å². The topological polar surface area (TPSA) is 75.7 Å². The largest absolute Gasteiger partial charge is 0.385 e. The molecule has 0 saturated carbocycles. The first-order valence-corrected chi connectivity index (χ1v) is 8.89. The summed E-state index contributed by atoms with van der Waals surface area (Å²) in [6.45, 7) is 4.70. The van der Waals surface area contributed by atoms with E-state index in [9.17, 15) is 17.6 Å². The van der Waals surface area contributed by atoms with Crippen LogP contribution in [0.3, 0.4) is 0 Å². The van der Waals surface area contributed by atoms with Crippen LogP contribution in [0.1, 0.15) is 30.6 Å². The maximum absolute atomic E-state index is 14.0. The Kier molecular flexibility index (Phi) is 7.60. The zero-order valence-electron chi connectivity index (χ0n) is 13.6. The summed E-state index contributed by atoms with van der Waals surface area (Å²) in [6.07, 6.45) is 0.633. The molecule has 130 valence electrons. The molecule has 1 amide bonds. The number of sulfonamides is 1. The maximum Gasteiger partial charge on any atom is 0.251 e. The van der Waals surface area contributed by atoms with Gasteiger partial charge in [0, 0.05) is 38.9 Å². The molecular formula is C15H23FN2O4S. The van der Waals surface area contributed by atoms with Crippen LogP contribution in [0.25, 0.3) is 0 Å². The standard InChI is InChI=1S/C15H23FN2O4S/c1-4-18(5-2)23(20,21)14-11-12(7-8-13(14)16)15(19)17-9-6-10-22-3/h7-8,11H,4-6,9-10H2,1-3H3,(H,17,19). The van der Waals surface area contributed by atoms with E-state index in [4.69, 9.17) is 4.74 Å². The van der Waals surface area contributed by atoms with Crippen LogP contribution < -0.4 is 5.32 Å². The highest BCUT2D eigenvalue weighted by atomic mass is 32.2. The number of halogens is 1. The van der Waals surface area contributed by atoms with Crippen LogP contribution in [0.15, 0.2) is 23.1 Å². The molecule has 6 nitrogen and oxygen atoms in total. The summed E-state index contributed by atoms with van der Waals surface area (Å²) in [5.41, 5.74) is 0.106. The molecule has 0 atom stereocenters. The van der Waals surface area contributed by atoms with Crippen molar-refractivity contribution in [2.75, 3.05) is 33.4 Å². The maximum atomic E-state index is 14.0. The molecule has 1 aromatic rings. The van der Waals surface area contributed by atoms with Crippen molar-refractivity contribution in [3.63, 3.8) is 0 Å². The van der Waals surface area contributed by atoms with E-state index in [1.165, 1.54) is 6.07 Å². The first-order valence-electron chi connectivity index (χ1n) is 7.45.